The summed E-state index contributed by atoms with van der Waals surface area (Å²) in [7, 11) is -2.98. The van der Waals surface area contributed by atoms with E-state index in [0.29, 0.717) is 31.9 Å². The fourth-order valence-electron chi connectivity index (χ4n) is 3.03. The fraction of sp³-hybridized carbons (Fsp3) is 0.476. The third-order valence-corrected chi connectivity index (χ3v) is 5.51. The van der Waals surface area contributed by atoms with E-state index in [0.717, 1.165) is 22.5 Å². The van der Waals surface area contributed by atoms with Gasteiger partial charge in [0, 0.05) is 24.7 Å². The topological polar surface area (TPSA) is 101 Å². The molecular formula is C21H28N4O4S. The molecule has 0 radical (unpaired) electrons. The van der Waals surface area contributed by atoms with Gasteiger partial charge in [-0.1, -0.05) is 12.1 Å². The highest BCUT2D eigenvalue weighted by Gasteiger charge is 2.26. The molecule has 1 aliphatic heterocycles. The molecule has 1 aromatic heterocycles. The predicted molar refractivity (Wildman–Crippen MR) is 116 cm³/mol. The number of ether oxygens (including phenoxy) is 1. The van der Waals surface area contributed by atoms with E-state index in [4.69, 9.17) is 4.74 Å². The van der Waals surface area contributed by atoms with Crippen molar-refractivity contribution in [2.24, 2.45) is 0 Å². The first-order chi connectivity index (χ1) is 14.0. The first-order valence-electron chi connectivity index (χ1n) is 9.85. The van der Waals surface area contributed by atoms with E-state index in [1.165, 1.54) is 6.26 Å². The minimum Gasteiger partial charge on any atom is -0.444 e. The van der Waals surface area contributed by atoms with Gasteiger partial charge in [-0.05, 0) is 56.9 Å². The molecule has 8 nitrogen and oxygen atoms in total. The van der Waals surface area contributed by atoms with E-state index in [2.05, 4.69) is 15.3 Å². The Morgan fingerprint density at radius 3 is 2.57 bits per heavy atom. The van der Waals surface area contributed by atoms with Crippen molar-refractivity contribution in [2.75, 3.05) is 23.9 Å². The van der Waals surface area contributed by atoms with Crippen LogP contribution in [0.15, 0.2) is 30.5 Å². The summed E-state index contributed by atoms with van der Waals surface area (Å²) in [4.78, 5) is 23.0. The summed E-state index contributed by atoms with van der Waals surface area (Å²) in [6.45, 7) is 6.50. The van der Waals surface area contributed by atoms with E-state index in [1.807, 2.05) is 45.0 Å². The summed E-state index contributed by atoms with van der Waals surface area (Å²) in [5, 5.41) is 3.16. The highest BCUT2D eigenvalue weighted by molar-refractivity contribution is 7.90. The number of rotatable bonds is 5. The van der Waals surface area contributed by atoms with Gasteiger partial charge in [-0.25, -0.2) is 23.2 Å². The molecule has 0 aliphatic carbocycles. The number of hydrogen-bond donors (Lipinski definition) is 1. The van der Waals surface area contributed by atoms with Gasteiger partial charge < -0.3 is 15.0 Å². The van der Waals surface area contributed by atoms with Crippen LogP contribution in [0.1, 0.15) is 37.6 Å². The van der Waals surface area contributed by atoms with Crippen molar-refractivity contribution in [3.8, 4) is 0 Å². The number of fused-ring (bicyclic) bond motifs is 1. The number of benzene rings is 1. The van der Waals surface area contributed by atoms with Gasteiger partial charge in [0.1, 0.15) is 15.4 Å². The van der Waals surface area contributed by atoms with Crippen molar-refractivity contribution < 1.29 is 17.9 Å². The molecule has 1 aliphatic rings. The minimum absolute atomic E-state index is 0.127. The van der Waals surface area contributed by atoms with Crippen LogP contribution in [0.5, 0.6) is 0 Å². The zero-order chi connectivity index (χ0) is 21.9. The Balaban J connectivity index is 1.65. The molecule has 30 heavy (non-hydrogen) atoms. The number of hydrogen-bond acceptors (Lipinski definition) is 7. The van der Waals surface area contributed by atoms with Gasteiger partial charge >= 0.3 is 6.09 Å². The van der Waals surface area contributed by atoms with Gasteiger partial charge in [0.05, 0.1) is 18.0 Å². The highest BCUT2D eigenvalue weighted by Crippen LogP contribution is 2.22. The molecule has 0 atom stereocenters. The fourth-order valence-corrected chi connectivity index (χ4v) is 3.64. The summed E-state index contributed by atoms with van der Waals surface area (Å²) in [6, 6.07) is 7.51. The predicted octanol–water partition coefficient (Wildman–Crippen LogP) is 3.10. The van der Waals surface area contributed by atoms with E-state index < -0.39 is 15.4 Å². The quantitative estimate of drug-likeness (QED) is 0.774. The van der Waals surface area contributed by atoms with Crippen molar-refractivity contribution in [3.05, 3.63) is 47.3 Å². The second-order valence-corrected chi connectivity index (χ2v) is 10.8. The standard InChI is InChI=1S/C21H28N4O4S/c1-21(2,3)29-20(26)25-11-9-16-13-22-19(24-18(16)14-25)23-17-7-5-15(6-8-17)10-12-30(4,27)28/h5-8,13H,9-12,14H2,1-4H3,(H,22,23,24). The number of amides is 1. The normalized spacial score (nSPS) is 14.2. The number of aromatic nitrogens is 2. The number of nitrogens with zero attached hydrogens (tertiary/aromatic N) is 3. The largest absolute Gasteiger partial charge is 0.444 e. The lowest BCUT2D eigenvalue weighted by molar-refractivity contribution is 0.0220. The van der Waals surface area contributed by atoms with Crippen LogP contribution < -0.4 is 5.32 Å². The van der Waals surface area contributed by atoms with Crippen LogP contribution in [0.2, 0.25) is 0 Å². The third-order valence-electron chi connectivity index (χ3n) is 4.57. The van der Waals surface area contributed by atoms with Crippen LogP contribution in [0.3, 0.4) is 0 Å². The maximum absolute atomic E-state index is 12.4. The molecule has 0 spiro atoms. The lowest BCUT2D eigenvalue weighted by Crippen LogP contribution is -2.40. The van der Waals surface area contributed by atoms with Gasteiger partial charge in [-0.3, -0.25) is 0 Å². The molecule has 0 saturated carbocycles. The molecule has 9 heteroatoms. The van der Waals surface area contributed by atoms with Gasteiger partial charge in [0.2, 0.25) is 5.95 Å². The van der Waals surface area contributed by atoms with E-state index >= 15 is 0 Å². The maximum Gasteiger partial charge on any atom is 0.410 e. The Morgan fingerprint density at radius 1 is 1.23 bits per heavy atom. The minimum atomic E-state index is -2.98. The molecule has 1 N–H and O–H groups in total. The Bertz CT molecular complexity index is 1010. The molecule has 0 bridgehead atoms. The van der Waals surface area contributed by atoms with Gasteiger partial charge in [0.15, 0.2) is 0 Å². The zero-order valence-corrected chi connectivity index (χ0v) is 18.6. The summed E-state index contributed by atoms with van der Waals surface area (Å²) in [5.74, 6) is 0.575. The van der Waals surface area contributed by atoms with Crippen LogP contribution >= 0.6 is 0 Å². The summed E-state index contributed by atoms with van der Waals surface area (Å²) in [6.07, 6.45) is 3.85. The molecule has 1 amide bonds. The van der Waals surface area contributed by atoms with Crippen LogP contribution in [-0.4, -0.2) is 53.5 Å². The Hall–Kier alpha value is -2.68. The monoisotopic (exact) mass is 432 g/mol. The molecule has 0 fully saturated rings. The molecule has 0 unspecified atom stereocenters. The molecule has 3 rings (SSSR count). The first-order valence-corrected chi connectivity index (χ1v) is 11.9. The van der Waals surface area contributed by atoms with Crippen LogP contribution in [0.25, 0.3) is 0 Å². The lowest BCUT2D eigenvalue weighted by Gasteiger charge is -2.30. The number of anilines is 2. The van der Waals surface area contributed by atoms with E-state index in [-0.39, 0.29) is 11.8 Å². The number of nitrogens with one attached hydrogen (secondary N) is 1. The van der Waals surface area contributed by atoms with Crippen LogP contribution in [-0.2, 0) is 34.0 Å². The maximum atomic E-state index is 12.4. The summed E-state index contributed by atoms with van der Waals surface area (Å²) < 4.78 is 28.1. The number of carbonyl (C=O) groups excluding carboxylic acids is 1. The highest BCUT2D eigenvalue weighted by atomic mass is 32.2. The number of sulfone groups is 1. The van der Waals surface area contributed by atoms with Crippen LogP contribution in [0, 0.1) is 0 Å². The van der Waals surface area contributed by atoms with Crippen molar-refractivity contribution >= 4 is 27.6 Å². The van der Waals surface area contributed by atoms with Gasteiger partial charge in [-0.15, -0.1) is 0 Å². The molecule has 2 heterocycles. The van der Waals surface area contributed by atoms with Crippen molar-refractivity contribution in [1.82, 2.24) is 14.9 Å². The molecule has 2 aromatic rings. The number of aryl methyl sites for hydroxylation is 1. The molecule has 162 valence electrons. The summed E-state index contributed by atoms with van der Waals surface area (Å²) in [5.41, 5.74) is 3.04. The van der Waals surface area contributed by atoms with Gasteiger partial charge in [-0.2, -0.15) is 0 Å². The first kappa shape index (κ1) is 22.0. The Labute approximate surface area is 177 Å². The van der Waals surface area contributed by atoms with Gasteiger partial charge in [0.25, 0.3) is 0 Å². The number of carbonyl (C=O) groups is 1. The zero-order valence-electron chi connectivity index (χ0n) is 17.8. The second-order valence-electron chi connectivity index (χ2n) is 8.52. The van der Waals surface area contributed by atoms with Crippen molar-refractivity contribution in [3.63, 3.8) is 0 Å². The van der Waals surface area contributed by atoms with Crippen LogP contribution in [0.4, 0.5) is 16.4 Å². The lowest BCUT2D eigenvalue weighted by atomic mass is 10.1. The SMILES string of the molecule is CC(C)(C)OC(=O)N1CCc2cnc(Nc3ccc(CCS(C)(=O)=O)cc3)nc2C1. The molecule has 0 saturated heterocycles. The molecular weight excluding hydrogens is 404 g/mol. The van der Waals surface area contributed by atoms with E-state index in [9.17, 15) is 13.2 Å². The van der Waals surface area contributed by atoms with E-state index in [1.54, 1.807) is 11.1 Å². The van der Waals surface area contributed by atoms with Crippen molar-refractivity contribution in [2.45, 2.75) is 45.8 Å². The second kappa shape index (κ2) is 8.59. The summed E-state index contributed by atoms with van der Waals surface area (Å²) >= 11 is 0. The average molecular weight is 433 g/mol. The smallest absolute Gasteiger partial charge is 0.410 e. The third kappa shape index (κ3) is 6.41. The Morgan fingerprint density at radius 2 is 1.93 bits per heavy atom. The molecule has 1 aromatic carbocycles. The van der Waals surface area contributed by atoms with Crippen molar-refractivity contribution in [1.29, 1.82) is 0 Å². The Kier molecular flexibility index (Phi) is 6.30. The average Bonchev–Trinajstić information content (AvgIpc) is 2.65.